The predicted octanol–water partition coefficient (Wildman–Crippen LogP) is 3.18. The molecule has 0 fully saturated rings. The van der Waals surface area contributed by atoms with Crippen molar-refractivity contribution in [3.63, 3.8) is 0 Å². The van der Waals surface area contributed by atoms with E-state index >= 15 is 0 Å². The third-order valence-electron chi connectivity index (χ3n) is 2.99. The fourth-order valence-corrected chi connectivity index (χ4v) is 2.33. The van der Waals surface area contributed by atoms with Crippen molar-refractivity contribution in [3.8, 4) is 0 Å². The van der Waals surface area contributed by atoms with Gasteiger partial charge < -0.3 is 4.57 Å². The van der Waals surface area contributed by atoms with Crippen LogP contribution in [0.2, 0.25) is 0 Å². The molecule has 0 aliphatic rings. The van der Waals surface area contributed by atoms with Crippen molar-refractivity contribution in [2.75, 3.05) is 0 Å². The first-order chi connectivity index (χ1) is 6.93. The second-order valence-electron chi connectivity index (χ2n) is 5.14. The van der Waals surface area contributed by atoms with Gasteiger partial charge in [-0.3, -0.25) is 0 Å². The number of aromatic nitrogens is 2. The van der Waals surface area contributed by atoms with E-state index in [9.17, 15) is 0 Å². The molecule has 2 nitrogen and oxygen atoms in total. The molecule has 0 aliphatic carbocycles. The Morgan fingerprint density at radius 3 is 2.53 bits per heavy atom. The fraction of sp³-hybridized carbons (Fsp3) is 0.462. The van der Waals surface area contributed by atoms with Crippen molar-refractivity contribution in [2.24, 2.45) is 7.05 Å². The molecule has 0 spiro atoms. The average molecular weight is 202 g/mol. The lowest BCUT2D eigenvalue weighted by Crippen LogP contribution is -2.12. The standard InChI is InChI=1S/C13H18N2/c1-9-11(13(2,3)4)10-7-6-8-14-12(10)15(9)5/h6-8H,1-5H3. The largest absolute Gasteiger partial charge is 0.333 e. The molecule has 2 heteroatoms. The summed E-state index contributed by atoms with van der Waals surface area (Å²) in [6.07, 6.45) is 1.86. The summed E-state index contributed by atoms with van der Waals surface area (Å²) in [5, 5.41) is 1.28. The summed E-state index contributed by atoms with van der Waals surface area (Å²) in [7, 11) is 2.08. The maximum atomic E-state index is 4.44. The van der Waals surface area contributed by atoms with Gasteiger partial charge in [-0.2, -0.15) is 0 Å². The highest BCUT2D eigenvalue weighted by Gasteiger charge is 2.23. The van der Waals surface area contributed by atoms with E-state index in [1.807, 2.05) is 12.3 Å². The highest BCUT2D eigenvalue weighted by Crippen LogP contribution is 2.33. The number of rotatable bonds is 0. The first-order valence-electron chi connectivity index (χ1n) is 5.33. The van der Waals surface area contributed by atoms with E-state index in [4.69, 9.17) is 0 Å². The summed E-state index contributed by atoms with van der Waals surface area (Å²) in [6, 6.07) is 4.17. The maximum Gasteiger partial charge on any atom is 0.140 e. The van der Waals surface area contributed by atoms with Gasteiger partial charge in [0, 0.05) is 24.3 Å². The van der Waals surface area contributed by atoms with Crippen molar-refractivity contribution in [3.05, 3.63) is 29.6 Å². The van der Waals surface area contributed by atoms with Gasteiger partial charge >= 0.3 is 0 Å². The molecule has 0 N–H and O–H groups in total. The van der Waals surface area contributed by atoms with Crippen LogP contribution in [-0.4, -0.2) is 9.55 Å². The first kappa shape index (κ1) is 10.2. The highest BCUT2D eigenvalue weighted by molar-refractivity contribution is 5.83. The SMILES string of the molecule is Cc1c(C(C)(C)C)c2cccnc2n1C. The van der Waals surface area contributed by atoms with E-state index in [1.54, 1.807) is 0 Å². The molecule has 0 unspecified atom stereocenters. The Bertz CT molecular complexity index is 501. The zero-order chi connectivity index (χ0) is 11.2. The summed E-state index contributed by atoms with van der Waals surface area (Å²) in [5.41, 5.74) is 3.98. The lowest BCUT2D eigenvalue weighted by Gasteiger charge is -2.19. The highest BCUT2D eigenvalue weighted by atomic mass is 15.0. The molecular weight excluding hydrogens is 184 g/mol. The smallest absolute Gasteiger partial charge is 0.140 e. The second kappa shape index (κ2) is 3.09. The van der Waals surface area contributed by atoms with Gasteiger partial charge in [-0.1, -0.05) is 20.8 Å². The third-order valence-corrected chi connectivity index (χ3v) is 2.99. The van der Waals surface area contributed by atoms with Crippen molar-refractivity contribution >= 4 is 11.0 Å². The normalized spacial score (nSPS) is 12.3. The van der Waals surface area contributed by atoms with E-state index in [-0.39, 0.29) is 5.41 Å². The van der Waals surface area contributed by atoms with Crippen molar-refractivity contribution in [2.45, 2.75) is 33.1 Å². The van der Waals surface area contributed by atoms with Gasteiger partial charge in [0.15, 0.2) is 0 Å². The minimum Gasteiger partial charge on any atom is -0.333 e. The Balaban J connectivity index is 2.90. The van der Waals surface area contributed by atoms with Gasteiger partial charge in [0.05, 0.1) is 0 Å². The molecule has 0 aliphatic heterocycles. The Hall–Kier alpha value is -1.31. The van der Waals surface area contributed by atoms with Crippen LogP contribution < -0.4 is 0 Å². The topological polar surface area (TPSA) is 17.8 Å². The molecule has 0 atom stereocenters. The molecule has 80 valence electrons. The molecule has 0 saturated heterocycles. The summed E-state index contributed by atoms with van der Waals surface area (Å²) < 4.78 is 2.18. The van der Waals surface area contributed by atoms with E-state index in [0.717, 1.165) is 5.65 Å². The molecule has 0 amide bonds. The van der Waals surface area contributed by atoms with Crippen LogP contribution in [0.3, 0.4) is 0 Å². The van der Waals surface area contributed by atoms with Crippen molar-refractivity contribution in [1.29, 1.82) is 0 Å². The van der Waals surface area contributed by atoms with Gasteiger partial charge in [-0.05, 0) is 30.0 Å². The van der Waals surface area contributed by atoms with Crippen LogP contribution in [0.1, 0.15) is 32.0 Å². The fourth-order valence-electron chi connectivity index (χ4n) is 2.33. The van der Waals surface area contributed by atoms with Gasteiger partial charge in [0.1, 0.15) is 5.65 Å². The Morgan fingerprint density at radius 2 is 1.93 bits per heavy atom. The molecule has 15 heavy (non-hydrogen) atoms. The summed E-state index contributed by atoms with van der Waals surface area (Å²) in [4.78, 5) is 4.44. The van der Waals surface area contributed by atoms with Gasteiger partial charge in [0.2, 0.25) is 0 Å². The number of pyridine rings is 1. The molecule has 2 heterocycles. The van der Waals surface area contributed by atoms with Gasteiger partial charge in [0.25, 0.3) is 0 Å². The Kier molecular flexibility index (Phi) is 2.10. The Labute approximate surface area is 90.9 Å². The molecule has 2 aromatic heterocycles. The number of hydrogen-bond acceptors (Lipinski definition) is 1. The Morgan fingerprint density at radius 1 is 1.27 bits per heavy atom. The summed E-state index contributed by atoms with van der Waals surface area (Å²) in [6.45, 7) is 8.92. The minimum absolute atomic E-state index is 0.173. The number of fused-ring (bicyclic) bond motifs is 1. The molecule has 0 bridgehead atoms. The summed E-state index contributed by atoms with van der Waals surface area (Å²) in [5.74, 6) is 0. The molecular formula is C13H18N2. The van der Waals surface area contributed by atoms with E-state index < -0.39 is 0 Å². The van der Waals surface area contributed by atoms with Crippen LogP contribution in [0.25, 0.3) is 11.0 Å². The van der Waals surface area contributed by atoms with Gasteiger partial charge in [-0.25, -0.2) is 4.98 Å². The van der Waals surface area contributed by atoms with Crippen LogP contribution in [0.5, 0.6) is 0 Å². The molecule has 0 aromatic carbocycles. The van der Waals surface area contributed by atoms with Crippen LogP contribution in [0.4, 0.5) is 0 Å². The van der Waals surface area contributed by atoms with E-state index in [2.05, 4.69) is 50.4 Å². The maximum absolute atomic E-state index is 4.44. The molecule has 2 rings (SSSR count). The number of aryl methyl sites for hydroxylation is 1. The van der Waals surface area contributed by atoms with Crippen molar-refractivity contribution < 1.29 is 0 Å². The monoisotopic (exact) mass is 202 g/mol. The predicted molar refractivity (Wildman–Crippen MR) is 64.2 cm³/mol. The van der Waals surface area contributed by atoms with Crippen LogP contribution in [0, 0.1) is 6.92 Å². The van der Waals surface area contributed by atoms with E-state index in [1.165, 1.54) is 16.6 Å². The number of nitrogens with zero attached hydrogens (tertiary/aromatic N) is 2. The lowest BCUT2D eigenvalue weighted by molar-refractivity contribution is 0.587. The third kappa shape index (κ3) is 1.44. The average Bonchev–Trinajstić information content (AvgIpc) is 2.39. The zero-order valence-corrected chi connectivity index (χ0v) is 10.1. The van der Waals surface area contributed by atoms with Crippen molar-refractivity contribution in [1.82, 2.24) is 9.55 Å². The van der Waals surface area contributed by atoms with E-state index in [0.29, 0.717) is 0 Å². The number of hydrogen-bond donors (Lipinski definition) is 0. The lowest BCUT2D eigenvalue weighted by atomic mass is 9.85. The summed E-state index contributed by atoms with van der Waals surface area (Å²) >= 11 is 0. The minimum atomic E-state index is 0.173. The second-order valence-corrected chi connectivity index (χ2v) is 5.14. The van der Waals surface area contributed by atoms with Gasteiger partial charge in [-0.15, -0.1) is 0 Å². The van der Waals surface area contributed by atoms with Crippen LogP contribution in [0.15, 0.2) is 18.3 Å². The van der Waals surface area contributed by atoms with Crippen LogP contribution in [-0.2, 0) is 12.5 Å². The quantitative estimate of drug-likeness (QED) is 0.641. The molecule has 0 radical (unpaired) electrons. The molecule has 2 aromatic rings. The zero-order valence-electron chi connectivity index (χ0n) is 10.1. The first-order valence-corrected chi connectivity index (χ1v) is 5.33. The van der Waals surface area contributed by atoms with Crippen LogP contribution >= 0.6 is 0 Å². The molecule has 0 saturated carbocycles.